The molecule has 0 saturated carbocycles. The SMILES string of the molecule is CN=C(NCc1ncc(C)s1)NC1CCN(CCOC)CC1.I. The number of nitrogens with zero attached hydrogens (tertiary/aromatic N) is 3. The molecular weight excluding hydrogens is 425 g/mol. The van der Waals surface area contributed by atoms with Gasteiger partial charge in [0, 0.05) is 50.9 Å². The smallest absolute Gasteiger partial charge is 0.191 e. The number of piperidine rings is 1. The Kier molecular flexibility index (Phi) is 10.00. The number of methoxy groups -OCH3 is 1. The molecule has 1 fully saturated rings. The molecule has 2 rings (SSSR count). The highest BCUT2D eigenvalue weighted by Gasteiger charge is 2.19. The minimum Gasteiger partial charge on any atom is -0.383 e. The van der Waals surface area contributed by atoms with Crippen LogP contribution >= 0.6 is 35.3 Å². The highest BCUT2D eigenvalue weighted by Crippen LogP contribution is 2.11. The van der Waals surface area contributed by atoms with Crippen molar-refractivity contribution in [3.63, 3.8) is 0 Å². The summed E-state index contributed by atoms with van der Waals surface area (Å²) in [6.45, 7) is 6.87. The largest absolute Gasteiger partial charge is 0.383 e. The summed E-state index contributed by atoms with van der Waals surface area (Å²) in [5.74, 6) is 0.864. The van der Waals surface area contributed by atoms with Gasteiger partial charge in [-0.2, -0.15) is 0 Å². The molecule has 1 aliphatic heterocycles. The van der Waals surface area contributed by atoms with Crippen molar-refractivity contribution in [3.8, 4) is 0 Å². The standard InChI is InChI=1S/C15H27N5OS.HI/c1-12-10-17-14(22-12)11-18-15(16-2)19-13-4-6-20(7-5-13)8-9-21-3;/h10,13H,4-9,11H2,1-3H3,(H2,16,18,19);1H. The monoisotopic (exact) mass is 453 g/mol. The van der Waals surface area contributed by atoms with Crippen molar-refractivity contribution in [2.24, 2.45) is 4.99 Å². The van der Waals surface area contributed by atoms with Crippen LogP contribution in [0.3, 0.4) is 0 Å². The number of hydrogen-bond acceptors (Lipinski definition) is 5. The summed E-state index contributed by atoms with van der Waals surface area (Å²) in [5.41, 5.74) is 0. The fraction of sp³-hybridized carbons (Fsp3) is 0.733. The van der Waals surface area contributed by atoms with Crippen LogP contribution in [0.25, 0.3) is 0 Å². The number of aryl methyl sites for hydroxylation is 1. The topological polar surface area (TPSA) is 61.8 Å². The third-order valence-corrected chi connectivity index (χ3v) is 4.75. The van der Waals surface area contributed by atoms with Crippen molar-refractivity contribution >= 4 is 41.3 Å². The van der Waals surface area contributed by atoms with Gasteiger partial charge in [0.1, 0.15) is 5.01 Å². The fourth-order valence-electron chi connectivity index (χ4n) is 2.55. The summed E-state index contributed by atoms with van der Waals surface area (Å²) in [4.78, 5) is 12.4. The second-order valence-corrected chi connectivity index (χ2v) is 6.86. The lowest BCUT2D eigenvalue weighted by atomic mass is 10.1. The Hall–Kier alpha value is -0.450. The molecule has 2 N–H and O–H groups in total. The van der Waals surface area contributed by atoms with E-state index in [9.17, 15) is 0 Å². The number of rotatable bonds is 6. The van der Waals surface area contributed by atoms with Gasteiger partial charge >= 0.3 is 0 Å². The van der Waals surface area contributed by atoms with E-state index in [0.29, 0.717) is 6.04 Å². The van der Waals surface area contributed by atoms with Crippen LogP contribution in [-0.2, 0) is 11.3 Å². The van der Waals surface area contributed by atoms with Crippen LogP contribution in [0.15, 0.2) is 11.2 Å². The number of aliphatic imine (C=N–C) groups is 1. The molecule has 6 nitrogen and oxygen atoms in total. The minimum atomic E-state index is 0. The van der Waals surface area contributed by atoms with E-state index in [-0.39, 0.29) is 24.0 Å². The predicted molar refractivity (Wildman–Crippen MR) is 107 cm³/mol. The number of thiazole rings is 1. The summed E-state index contributed by atoms with van der Waals surface area (Å²) in [6, 6.07) is 0.489. The Labute approximate surface area is 160 Å². The average molecular weight is 453 g/mol. The molecule has 132 valence electrons. The Morgan fingerprint density at radius 3 is 2.78 bits per heavy atom. The molecular formula is C15H28IN5OS. The van der Waals surface area contributed by atoms with Gasteiger partial charge in [0.2, 0.25) is 0 Å². The first kappa shape index (κ1) is 20.6. The number of nitrogens with one attached hydrogen (secondary N) is 2. The molecule has 0 amide bonds. The molecule has 2 heterocycles. The molecule has 0 bridgehead atoms. The quantitative estimate of drug-likeness (QED) is 0.391. The van der Waals surface area contributed by atoms with Gasteiger partial charge in [-0.05, 0) is 19.8 Å². The lowest BCUT2D eigenvalue weighted by Crippen LogP contribution is -2.48. The van der Waals surface area contributed by atoms with Crippen LogP contribution in [-0.4, -0.2) is 62.3 Å². The van der Waals surface area contributed by atoms with E-state index in [1.165, 1.54) is 4.88 Å². The first-order chi connectivity index (χ1) is 10.7. The zero-order chi connectivity index (χ0) is 15.8. The maximum Gasteiger partial charge on any atom is 0.191 e. The average Bonchev–Trinajstić information content (AvgIpc) is 2.96. The van der Waals surface area contributed by atoms with Crippen LogP contribution in [0.5, 0.6) is 0 Å². The molecule has 23 heavy (non-hydrogen) atoms. The van der Waals surface area contributed by atoms with Crippen molar-refractivity contribution in [1.29, 1.82) is 0 Å². The second-order valence-electron chi connectivity index (χ2n) is 5.54. The van der Waals surface area contributed by atoms with E-state index in [1.54, 1.807) is 18.4 Å². The number of ether oxygens (including phenoxy) is 1. The lowest BCUT2D eigenvalue weighted by Gasteiger charge is -2.32. The number of halogens is 1. The van der Waals surface area contributed by atoms with E-state index < -0.39 is 0 Å². The first-order valence-electron chi connectivity index (χ1n) is 7.81. The molecule has 1 aromatic rings. The van der Waals surface area contributed by atoms with Crippen molar-refractivity contribution in [1.82, 2.24) is 20.5 Å². The molecule has 0 spiro atoms. The van der Waals surface area contributed by atoms with E-state index in [4.69, 9.17) is 4.74 Å². The normalized spacial score (nSPS) is 16.9. The van der Waals surface area contributed by atoms with Gasteiger partial charge < -0.3 is 20.3 Å². The van der Waals surface area contributed by atoms with Gasteiger partial charge in [-0.1, -0.05) is 0 Å². The Morgan fingerprint density at radius 2 is 2.22 bits per heavy atom. The van der Waals surface area contributed by atoms with Crippen LogP contribution in [0.1, 0.15) is 22.7 Å². The van der Waals surface area contributed by atoms with Crippen LogP contribution in [0, 0.1) is 6.92 Å². The van der Waals surface area contributed by atoms with Gasteiger partial charge in [-0.3, -0.25) is 4.99 Å². The summed E-state index contributed by atoms with van der Waals surface area (Å²) < 4.78 is 5.14. The van der Waals surface area contributed by atoms with Crippen LogP contribution < -0.4 is 10.6 Å². The molecule has 1 aliphatic rings. The Bertz CT molecular complexity index is 474. The second kappa shape index (κ2) is 11.2. The van der Waals surface area contributed by atoms with E-state index in [1.807, 2.05) is 13.2 Å². The molecule has 0 aliphatic carbocycles. The highest BCUT2D eigenvalue weighted by atomic mass is 127. The van der Waals surface area contributed by atoms with E-state index in [0.717, 1.165) is 56.6 Å². The van der Waals surface area contributed by atoms with Gasteiger partial charge in [0.25, 0.3) is 0 Å². The van der Waals surface area contributed by atoms with Crippen molar-refractivity contribution in [2.45, 2.75) is 32.4 Å². The Balaban J connectivity index is 0.00000264. The maximum atomic E-state index is 5.14. The summed E-state index contributed by atoms with van der Waals surface area (Å²) in [6.07, 6.45) is 4.19. The lowest BCUT2D eigenvalue weighted by molar-refractivity contribution is 0.128. The van der Waals surface area contributed by atoms with Crippen LogP contribution in [0.4, 0.5) is 0 Å². The summed E-state index contributed by atoms with van der Waals surface area (Å²) >= 11 is 1.72. The van der Waals surface area contributed by atoms with Crippen LogP contribution in [0.2, 0.25) is 0 Å². The number of aromatic nitrogens is 1. The van der Waals surface area contributed by atoms with E-state index >= 15 is 0 Å². The molecule has 0 radical (unpaired) electrons. The fourth-order valence-corrected chi connectivity index (χ4v) is 3.28. The van der Waals surface area contributed by atoms with E-state index in [2.05, 4.69) is 32.4 Å². The summed E-state index contributed by atoms with van der Waals surface area (Å²) in [7, 11) is 3.57. The first-order valence-corrected chi connectivity index (χ1v) is 8.62. The number of guanidine groups is 1. The Morgan fingerprint density at radius 1 is 1.48 bits per heavy atom. The number of hydrogen-bond donors (Lipinski definition) is 2. The molecule has 0 unspecified atom stereocenters. The molecule has 1 aromatic heterocycles. The van der Waals surface area contributed by atoms with Crippen molar-refractivity contribution < 1.29 is 4.74 Å². The van der Waals surface area contributed by atoms with Gasteiger partial charge in [-0.15, -0.1) is 35.3 Å². The number of likely N-dealkylation sites (tertiary alicyclic amines) is 1. The highest BCUT2D eigenvalue weighted by molar-refractivity contribution is 14.0. The van der Waals surface area contributed by atoms with Gasteiger partial charge in [0.15, 0.2) is 5.96 Å². The van der Waals surface area contributed by atoms with Crippen molar-refractivity contribution in [2.75, 3.05) is 40.4 Å². The van der Waals surface area contributed by atoms with Gasteiger partial charge in [0.05, 0.1) is 13.2 Å². The molecule has 0 aromatic carbocycles. The predicted octanol–water partition coefficient (Wildman–Crippen LogP) is 1.85. The third kappa shape index (κ3) is 7.32. The van der Waals surface area contributed by atoms with Gasteiger partial charge in [-0.25, -0.2) is 4.98 Å². The third-order valence-electron chi connectivity index (χ3n) is 3.84. The van der Waals surface area contributed by atoms with Crippen molar-refractivity contribution in [3.05, 3.63) is 16.1 Å². The molecule has 0 atom stereocenters. The molecule has 8 heteroatoms. The molecule has 1 saturated heterocycles. The minimum absolute atomic E-state index is 0. The zero-order valence-corrected chi connectivity index (χ0v) is 17.3. The summed E-state index contributed by atoms with van der Waals surface area (Å²) in [5, 5.41) is 7.95. The maximum absolute atomic E-state index is 5.14. The zero-order valence-electron chi connectivity index (χ0n) is 14.2.